The second-order valence-electron chi connectivity index (χ2n) is 10.0. The van der Waals surface area contributed by atoms with Crippen LogP contribution in [0.3, 0.4) is 0 Å². The number of esters is 2. The Morgan fingerprint density at radius 1 is 1.07 bits per heavy atom. The molecule has 4 saturated carbocycles. The molecule has 0 spiro atoms. The molecular formula is C24H42O4. The van der Waals surface area contributed by atoms with Crippen molar-refractivity contribution in [3.05, 3.63) is 0 Å². The number of cyclic esters (lactones) is 1. The second kappa shape index (κ2) is 8.36. The van der Waals surface area contributed by atoms with Crippen molar-refractivity contribution >= 4 is 11.9 Å². The Balaban J connectivity index is 0.00000140. The Hall–Kier alpha value is -1.06. The van der Waals surface area contributed by atoms with Crippen molar-refractivity contribution in [3.8, 4) is 0 Å². The summed E-state index contributed by atoms with van der Waals surface area (Å²) in [5.41, 5.74) is -0.565. The van der Waals surface area contributed by atoms with Crippen molar-refractivity contribution in [2.45, 2.75) is 112 Å². The molecule has 0 aromatic carbocycles. The summed E-state index contributed by atoms with van der Waals surface area (Å²) in [7, 11) is 0. The van der Waals surface area contributed by atoms with Gasteiger partial charge in [0, 0.05) is 12.8 Å². The Morgan fingerprint density at radius 3 is 2.14 bits per heavy atom. The molecule has 4 nitrogen and oxygen atoms in total. The van der Waals surface area contributed by atoms with Gasteiger partial charge in [-0.15, -0.1) is 0 Å². The van der Waals surface area contributed by atoms with Gasteiger partial charge in [0.15, 0.2) is 0 Å². The Bertz CT molecular complexity index is 555. The lowest BCUT2D eigenvalue weighted by Gasteiger charge is -2.59. The van der Waals surface area contributed by atoms with Gasteiger partial charge >= 0.3 is 11.9 Å². The Labute approximate surface area is 172 Å². The first-order valence-electron chi connectivity index (χ1n) is 10.8. The van der Waals surface area contributed by atoms with E-state index < -0.39 is 0 Å². The van der Waals surface area contributed by atoms with Gasteiger partial charge in [0.1, 0.15) is 11.7 Å². The van der Waals surface area contributed by atoms with Gasteiger partial charge in [-0.2, -0.15) is 0 Å². The first-order chi connectivity index (χ1) is 12.3. The van der Waals surface area contributed by atoms with Gasteiger partial charge < -0.3 is 9.47 Å². The van der Waals surface area contributed by atoms with Crippen LogP contribution < -0.4 is 0 Å². The molecule has 4 bridgehead atoms. The molecule has 4 aliphatic carbocycles. The molecule has 5 rings (SSSR count). The van der Waals surface area contributed by atoms with E-state index in [4.69, 9.17) is 9.47 Å². The molecule has 2 atom stereocenters. The minimum Gasteiger partial charge on any atom is -0.462 e. The highest BCUT2D eigenvalue weighted by atomic mass is 16.6. The minimum absolute atomic E-state index is 0. The predicted molar refractivity (Wildman–Crippen MR) is 112 cm³/mol. The van der Waals surface area contributed by atoms with Gasteiger partial charge in [-0.3, -0.25) is 9.59 Å². The van der Waals surface area contributed by atoms with Crippen LogP contribution in [0, 0.1) is 29.1 Å². The molecular weight excluding hydrogens is 352 g/mol. The van der Waals surface area contributed by atoms with E-state index in [0.29, 0.717) is 18.3 Å². The third kappa shape index (κ3) is 3.98. The number of ether oxygens (including phenoxy) is 2. The van der Waals surface area contributed by atoms with Gasteiger partial charge in [-0.25, -0.2) is 0 Å². The van der Waals surface area contributed by atoms with E-state index in [9.17, 15) is 9.59 Å². The van der Waals surface area contributed by atoms with E-state index in [1.165, 1.54) is 32.1 Å². The summed E-state index contributed by atoms with van der Waals surface area (Å²) in [5.74, 6) is 2.78. The van der Waals surface area contributed by atoms with E-state index in [1.807, 2.05) is 13.8 Å². The molecule has 162 valence electrons. The van der Waals surface area contributed by atoms with Gasteiger partial charge in [0.2, 0.25) is 0 Å². The first-order valence-corrected chi connectivity index (χ1v) is 10.8. The van der Waals surface area contributed by atoms with Crippen molar-refractivity contribution in [2.24, 2.45) is 29.1 Å². The molecule has 0 aromatic rings. The highest BCUT2D eigenvalue weighted by Gasteiger charge is 2.57. The zero-order valence-electron chi connectivity index (χ0n) is 16.6. The molecule has 0 amide bonds. The van der Waals surface area contributed by atoms with Gasteiger partial charge in [0.05, 0.1) is 5.41 Å². The van der Waals surface area contributed by atoms with Crippen LogP contribution in [0.25, 0.3) is 0 Å². The third-order valence-electron chi connectivity index (χ3n) is 8.23. The topological polar surface area (TPSA) is 52.6 Å². The molecule has 1 aliphatic heterocycles. The largest absolute Gasteiger partial charge is 0.462 e. The Kier molecular flexibility index (Phi) is 6.93. The molecule has 2 unspecified atom stereocenters. The van der Waals surface area contributed by atoms with Crippen molar-refractivity contribution < 1.29 is 19.1 Å². The van der Waals surface area contributed by atoms with Crippen LogP contribution in [0.5, 0.6) is 0 Å². The van der Waals surface area contributed by atoms with Gasteiger partial charge in [-0.05, 0) is 88.9 Å². The zero-order valence-corrected chi connectivity index (χ0v) is 16.6. The summed E-state index contributed by atoms with van der Waals surface area (Å²) in [6.07, 6.45) is 9.94. The van der Waals surface area contributed by atoms with Crippen LogP contribution in [0.4, 0.5) is 0 Å². The van der Waals surface area contributed by atoms with Crippen LogP contribution in [0.1, 0.15) is 99.8 Å². The van der Waals surface area contributed by atoms with E-state index in [0.717, 1.165) is 37.5 Å². The number of hydrogen-bond acceptors (Lipinski definition) is 4. The molecule has 1 saturated heterocycles. The first kappa shape index (κ1) is 23.2. The van der Waals surface area contributed by atoms with E-state index in [2.05, 4.69) is 6.92 Å². The fourth-order valence-corrected chi connectivity index (χ4v) is 6.43. The van der Waals surface area contributed by atoms with Crippen LogP contribution in [0.2, 0.25) is 0 Å². The molecule has 5 fully saturated rings. The van der Waals surface area contributed by atoms with Crippen molar-refractivity contribution in [2.75, 3.05) is 0 Å². The molecule has 0 radical (unpaired) electrons. The summed E-state index contributed by atoms with van der Waals surface area (Å²) < 4.78 is 11.6. The smallest absolute Gasteiger partial charge is 0.312 e. The lowest BCUT2D eigenvalue weighted by Crippen LogP contribution is -2.57. The fourth-order valence-electron chi connectivity index (χ4n) is 6.43. The molecule has 4 heteroatoms. The van der Waals surface area contributed by atoms with E-state index in [1.54, 1.807) is 0 Å². The number of carbonyl (C=O) groups excluding carboxylic acids is 2. The van der Waals surface area contributed by atoms with Crippen LogP contribution in [-0.2, 0) is 19.1 Å². The highest BCUT2D eigenvalue weighted by Crippen LogP contribution is 2.59. The van der Waals surface area contributed by atoms with Crippen LogP contribution in [0.15, 0.2) is 0 Å². The number of rotatable bonds is 6. The molecule has 0 aromatic heterocycles. The molecule has 0 N–H and O–H groups in total. The monoisotopic (exact) mass is 394 g/mol. The average molecular weight is 395 g/mol. The van der Waals surface area contributed by atoms with Gasteiger partial charge in [-0.1, -0.05) is 21.8 Å². The molecule has 28 heavy (non-hydrogen) atoms. The lowest BCUT2D eigenvalue weighted by molar-refractivity contribution is -0.203. The maximum Gasteiger partial charge on any atom is 0.312 e. The Morgan fingerprint density at radius 2 is 1.64 bits per heavy atom. The predicted octanol–water partition coefficient (Wildman–Crippen LogP) is 5.92. The standard InChI is InChI=1S/C22H34O4.2CH4/c1-4-21(2)13-18(25-20(21)24)6-5-7-19(23)26-22(3)16-9-14-8-15(11-16)12-17(22)10-14;;/h14-18H,4-13H2,1-3H3;2*1H4. The van der Waals surface area contributed by atoms with Crippen molar-refractivity contribution in [1.29, 1.82) is 0 Å². The summed E-state index contributed by atoms with van der Waals surface area (Å²) in [6.45, 7) is 6.22. The number of carbonyl (C=O) groups is 2. The quantitative estimate of drug-likeness (QED) is 0.525. The summed E-state index contributed by atoms with van der Waals surface area (Å²) in [6, 6.07) is 0. The van der Waals surface area contributed by atoms with E-state index >= 15 is 0 Å². The average Bonchev–Trinajstić information content (AvgIpc) is 2.87. The number of hydrogen-bond donors (Lipinski definition) is 0. The SMILES string of the molecule is C.C.CCC1(C)CC(CCCC(=O)OC2(C)C3CC4CC(C3)CC2C4)OC1=O. The van der Waals surface area contributed by atoms with Crippen molar-refractivity contribution in [3.63, 3.8) is 0 Å². The fraction of sp³-hybridized carbons (Fsp3) is 0.917. The van der Waals surface area contributed by atoms with Crippen molar-refractivity contribution in [1.82, 2.24) is 0 Å². The maximum absolute atomic E-state index is 12.5. The van der Waals surface area contributed by atoms with Crippen LogP contribution >= 0.6 is 0 Å². The summed E-state index contributed by atoms with van der Waals surface area (Å²) in [5, 5.41) is 0. The maximum atomic E-state index is 12.5. The minimum atomic E-state index is -0.334. The summed E-state index contributed by atoms with van der Waals surface area (Å²) in [4.78, 5) is 24.5. The van der Waals surface area contributed by atoms with Crippen LogP contribution in [-0.4, -0.2) is 23.6 Å². The van der Waals surface area contributed by atoms with Gasteiger partial charge in [0.25, 0.3) is 0 Å². The second-order valence-corrected chi connectivity index (χ2v) is 10.0. The summed E-state index contributed by atoms with van der Waals surface area (Å²) >= 11 is 0. The third-order valence-corrected chi connectivity index (χ3v) is 8.23. The molecule has 1 heterocycles. The zero-order chi connectivity index (χ0) is 18.5. The lowest BCUT2D eigenvalue weighted by atomic mass is 9.50. The van der Waals surface area contributed by atoms with E-state index in [-0.39, 0.29) is 43.9 Å². The molecule has 5 aliphatic rings. The normalized spacial score (nSPS) is 43.1. The highest BCUT2D eigenvalue weighted by molar-refractivity contribution is 5.78.